The number of amides is 3. The van der Waals surface area contributed by atoms with E-state index in [0.29, 0.717) is 5.69 Å². The summed E-state index contributed by atoms with van der Waals surface area (Å²) < 4.78 is 0. The first kappa shape index (κ1) is 10.3. The van der Waals surface area contributed by atoms with E-state index in [9.17, 15) is 9.59 Å². The van der Waals surface area contributed by atoms with E-state index in [0.717, 1.165) is 19.3 Å². The molecule has 1 aliphatic heterocycles. The minimum absolute atomic E-state index is 0.0343. The molecule has 2 atom stereocenters. The molecule has 0 spiro atoms. The molecule has 88 valence electrons. The molecule has 0 radical (unpaired) electrons. The lowest BCUT2D eigenvalue weighted by Gasteiger charge is -2.33. The van der Waals surface area contributed by atoms with Crippen LogP contribution in [0.4, 0.5) is 10.5 Å². The number of rotatable bonds is 1. The fourth-order valence-corrected chi connectivity index (χ4v) is 2.74. The number of hydrogen-bond donors (Lipinski definition) is 1. The van der Waals surface area contributed by atoms with Gasteiger partial charge < -0.3 is 5.32 Å². The van der Waals surface area contributed by atoms with Crippen molar-refractivity contribution in [1.82, 2.24) is 5.32 Å². The monoisotopic (exact) mass is 230 g/mol. The molecule has 1 aliphatic carbocycles. The third kappa shape index (κ3) is 1.60. The molecule has 1 saturated heterocycles. The van der Waals surface area contributed by atoms with Crippen LogP contribution in [0.3, 0.4) is 0 Å². The van der Waals surface area contributed by atoms with Crippen LogP contribution in [-0.4, -0.2) is 18.0 Å². The molecule has 3 rings (SSSR count). The Bertz CT molecular complexity index is 458. The Hall–Kier alpha value is -1.84. The van der Waals surface area contributed by atoms with Gasteiger partial charge in [0.1, 0.15) is 0 Å². The summed E-state index contributed by atoms with van der Waals surface area (Å²) in [7, 11) is 0. The number of nitrogens with one attached hydrogen (secondary N) is 1. The number of nitrogens with zero attached hydrogens (tertiary/aromatic N) is 1. The highest BCUT2D eigenvalue weighted by molar-refractivity contribution is 6.17. The minimum Gasteiger partial charge on any atom is -0.334 e. The zero-order valence-electron chi connectivity index (χ0n) is 9.43. The molecule has 1 saturated carbocycles. The molecule has 4 heteroatoms. The minimum atomic E-state index is -0.288. The second-order valence-corrected chi connectivity index (χ2v) is 4.60. The van der Waals surface area contributed by atoms with Crippen molar-refractivity contribution in [3.8, 4) is 0 Å². The van der Waals surface area contributed by atoms with E-state index in [4.69, 9.17) is 0 Å². The summed E-state index contributed by atoms with van der Waals surface area (Å²) in [5.74, 6) is -0.0876. The molecule has 3 amide bonds. The fourth-order valence-electron chi connectivity index (χ4n) is 2.74. The largest absolute Gasteiger partial charge is 0.334 e. The first-order chi connectivity index (χ1) is 8.27. The number of fused-ring (bicyclic) bond motifs is 1. The third-order valence-corrected chi connectivity index (χ3v) is 3.58. The summed E-state index contributed by atoms with van der Waals surface area (Å²) >= 11 is 0. The first-order valence-corrected chi connectivity index (χ1v) is 5.97. The number of urea groups is 1. The predicted octanol–water partition coefficient (Wildman–Crippen LogP) is 1.91. The summed E-state index contributed by atoms with van der Waals surface area (Å²) in [6.45, 7) is 0. The molecule has 17 heavy (non-hydrogen) atoms. The molecule has 1 N–H and O–H groups in total. The second kappa shape index (κ2) is 3.87. The molecule has 0 unspecified atom stereocenters. The van der Waals surface area contributed by atoms with E-state index >= 15 is 0 Å². The van der Waals surface area contributed by atoms with Crippen molar-refractivity contribution in [3.63, 3.8) is 0 Å². The lowest BCUT2D eigenvalue weighted by atomic mass is 9.99. The smallest absolute Gasteiger partial charge is 0.328 e. The second-order valence-electron chi connectivity index (χ2n) is 4.60. The van der Waals surface area contributed by atoms with Crippen LogP contribution in [0.5, 0.6) is 0 Å². The van der Waals surface area contributed by atoms with Crippen LogP contribution in [0.25, 0.3) is 0 Å². The molecule has 0 bridgehead atoms. The summed E-state index contributed by atoms with van der Waals surface area (Å²) in [5, 5.41) is 2.92. The molecule has 2 aliphatic rings. The molecule has 1 aromatic rings. The van der Waals surface area contributed by atoms with Crippen LogP contribution in [0.2, 0.25) is 0 Å². The van der Waals surface area contributed by atoms with Crippen molar-refractivity contribution in [2.45, 2.75) is 25.3 Å². The van der Waals surface area contributed by atoms with Crippen LogP contribution in [0.1, 0.15) is 19.3 Å². The molecule has 2 fully saturated rings. The van der Waals surface area contributed by atoms with Crippen molar-refractivity contribution in [2.24, 2.45) is 5.92 Å². The molecular formula is C13H14N2O2. The quantitative estimate of drug-likeness (QED) is 0.801. The molecule has 1 aromatic carbocycles. The van der Waals surface area contributed by atoms with E-state index in [2.05, 4.69) is 5.32 Å². The summed E-state index contributed by atoms with van der Waals surface area (Å²) in [4.78, 5) is 25.5. The maximum atomic E-state index is 12.3. The molecular weight excluding hydrogens is 216 g/mol. The van der Waals surface area contributed by atoms with Crippen molar-refractivity contribution in [2.75, 3.05) is 4.90 Å². The highest BCUT2D eigenvalue weighted by Crippen LogP contribution is 2.32. The van der Waals surface area contributed by atoms with E-state index in [1.165, 1.54) is 4.90 Å². The number of carbonyl (C=O) groups excluding carboxylic acids is 2. The maximum absolute atomic E-state index is 12.3. The average Bonchev–Trinajstić information content (AvgIpc) is 2.78. The van der Waals surface area contributed by atoms with Gasteiger partial charge >= 0.3 is 6.03 Å². The van der Waals surface area contributed by atoms with E-state index < -0.39 is 0 Å². The molecule has 0 aromatic heterocycles. The van der Waals surface area contributed by atoms with Crippen LogP contribution in [0.15, 0.2) is 30.3 Å². The fraction of sp³-hybridized carbons (Fsp3) is 0.385. The van der Waals surface area contributed by atoms with Crippen molar-refractivity contribution in [1.29, 1.82) is 0 Å². The van der Waals surface area contributed by atoms with Gasteiger partial charge in [-0.25, -0.2) is 9.69 Å². The van der Waals surface area contributed by atoms with Crippen molar-refractivity contribution in [3.05, 3.63) is 30.3 Å². The Morgan fingerprint density at radius 1 is 1.12 bits per heavy atom. The number of carbonyl (C=O) groups is 2. The van der Waals surface area contributed by atoms with Crippen LogP contribution < -0.4 is 10.2 Å². The summed E-state index contributed by atoms with van der Waals surface area (Å²) in [6.07, 6.45) is 2.82. The van der Waals surface area contributed by atoms with Crippen LogP contribution in [0, 0.1) is 5.92 Å². The van der Waals surface area contributed by atoms with Crippen molar-refractivity contribution < 1.29 is 9.59 Å². The highest BCUT2D eigenvalue weighted by Gasteiger charge is 2.43. The van der Waals surface area contributed by atoms with E-state index in [1.807, 2.05) is 18.2 Å². The third-order valence-electron chi connectivity index (χ3n) is 3.58. The number of hydrogen-bond acceptors (Lipinski definition) is 2. The molecule has 1 heterocycles. The Balaban J connectivity index is 1.94. The van der Waals surface area contributed by atoms with Gasteiger partial charge in [-0.1, -0.05) is 24.6 Å². The Morgan fingerprint density at radius 3 is 2.65 bits per heavy atom. The van der Waals surface area contributed by atoms with Crippen molar-refractivity contribution >= 4 is 17.6 Å². The van der Waals surface area contributed by atoms with Gasteiger partial charge in [0.2, 0.25) is 5.91 Å². The van der Waals surface area contributed by atoms with Crippen LogP contribution in [-0.2, 0) is 4.79 Å². The van der Waals surface area contributed by atoms with Gasteiger partial charge in [-0.15, -0.1) is 0 Å². The average molecular weight is 230 g/mol. The van der Waals surface area contributed by atoms with Crippen LogP contribution >= 0.6 is 0 Å². The Labute approximate surface area is 99.6 Å². The summed E-state index contributed by atoms with van der Waals surface area (Å²) in [5.41, 5.74) is 0.653. The summed E-state index contributed by atoms with van der Waals surface area (Å²) in [6, 6.07) is 8.86. The van der Waals surface area contributed by atoms with Gasteiger partial charge in [0, 0.05) is 6.04 Å². The SMILES string of the molecule is O=C1N[C@H]2CCC[C@H]2C(=O)N1c1ccccc1. The zero-order chi connectivity index (χ0) is 11.8. The lowest BCUT2D eigenvalue weighted by molar-refractivity contribution is -0.122. The zero-order valence-corrected chi connectivity index (χ0v) is 9.43. The van der Waals surface area contributed by atoms with Gasteiger partial charge in [-0.2, -0.15) is 0 Å². The number of benzene rings is 1. The number of para-hydroxylation sites is 1. The van der Waals surface area contributed by atoms with Gasteiger partial charge in [-0.3, -0.25) is 4.79 Å². The standard InChI is InChI=1S/C13H14N2O2/c16-12-10-7-4-8-11(10)14-13(17)15(12)9-5-2-1-3-6-9/h1-3,5-6,10-11H,4,7-8H2,(H,14,17)/t10-,11+/m1/s1. The van der Waals surface area contributed by atoms with E-state index in [-0.39, 0.29) is 23.9 Å². The predicted molar refractivity (Wildman–Crippen MR) is 63.6 cm³/mol. The Morgan fingerprint density at radius 2 is 1.88 bits per heavy atom. The number of anilines is 1. The van der Waals surface area contributed by atoms with Gasteiger partial charge in [0.15, 0.2) is 0 Å². The highest BCUT2D eigenvalue weighted by atomic mass is 16.2. The normalized spacial score (nSPS) is 27.9. The van der Waals surface area contributed by atoms with Gasteiger partial charge in [0.05, 0.1) is 11.6 Å². The molecule has 4 nitrogen and oxygen atoms in total. The van der Waals surface area contributed by atoms with Gasteiger partial charge in [-0.05, 0) is 25.0 Å². The topological polar surface area (TPSA) is 49.4 Å². The van der Waals surface area contributed by atoms with Gasteiger partial charge in [0.25, 0.3) is 0 Å². The van der Waals surface area contributed by atoms with E-state index in [1.54, 1.807) is 12.1 Å². The first-order valence-electron chi connectivity index (χ1n) is 5.97. The number of imide groups is 1. The lowest BCUT2D eigenvalue weighted by Crippen LogP contribution is -2.58. The maximum Gasteiger partial charge on any atom is 0.328 e. The Kier molecular flexibility index (Phi) is 2.35.